The third-order valence-electron chi connectivity index (χ3n) is 1.89. The fourth-order valence-corrected chi connectivity index (χ4v) is 0.969. The molecule has 0 bridgehead atoms. The van der Waals surface area contributed by atoms with Crippen LogP contribution in [-0.4, -0.2) is 20.3 Å². The van der Waals surface area contributed by atoms with E-state index in [0.717, 1.165) is 26.0 Å². The molecule has 16 heavy (non-hydrogen) atoms. The lowest BCUT2D eigenvalue weighted by Gasteiger charge is -1.92. The van der Waals surface area contributed by atoms with Crippen LogP contribution in [0.1, 0.15) is 25.3 Å². The Labute approximate surface area is 99.1 Å². The molecule has 0 saturated carbocycles. The molecule has 0 fully saturated rings. The Hall–Kier alpha value is -1.12. The summed E-state index contributed by atoms with van der Waals surface area (Å²) < 4.78 is 4.93. The summed E-state index contributed by atoms with van der Waals surface area (Å²) in [5.41, 5.74) is 6.27. The second kappa shape index (κ2) is 12.0. The maximum atomic E-state index is 5.03. The van der Waals surface area contributed by atoms with Gasteiger partial charge in [0.25, 0.3) is 0 Å². The van der Waals surface area contributed by atoms with E-state index in [1.807, 2.05) is 18.2 Å². The van der Waals surface area contributed by atoms with E-state index in [4.69, 9.17) is 10.5 Å². The van der Waals surface area contributed by atoms with Crippen molar-refractivity contribution in [3.8, 4) is 0 Å². The first-order chi connectivity index (χ1) is 7.85. The second-order valence-electron chi connectivity index (χ2n) is 3.38. The molecule has 0 heterocycles. The van der Waals surface area contributed by atoms with E-state index in [1.54, 1.807) is 7.11 Å². The normalized spacial score (nSPS) is 9.94. The fraction of sp³-hybridized carbons (Fsp3) is 0.429. The molecule has 2 N–H and O–H groups in total. The van der Waals surface area contributed by atoms with Gasteiger partial charge in [-0.2, -0.15) is 0 Å². The van der Waals surface area contributed by atoms with Gasteiger partial charge in [-0.25, -0.2) is 0 Å². The Morgan fingerprint density at radius 3 is 2.38 bits per heavy atom. The molecular formula is C14H23NO. The summed E-state index contributed by atoms with van der Waals surface area (Å²) >= 11 is 0. The zero-order valence-electron chi connectivity index (χ0n) is 10.4. The van der Waals surface area contributed by atoms with Gasteiger partial charge in [-0.1, -0.05) is 49.4 Å². The second-order valence-corrected chi connectivity index (χ2v) is 3.38. The molecule has 0 spiro atoms. The average Bonchev–Trinajstić information content (AvgIpc) is 2.36. The molecule has 1 rings (SSSR count). The molecule has 0 amide bonds. The fourth-order valence-electron chi connectivity index (χ4n) is 0.969. The van der Waals surface area contributed by atoms with Crippen molar-refractivity contribution < 1.29 is 4.74 Å². The minimum absolute atomic E-state index is 0.795. The summed E-state index contributed by atoms with van der Waals surface area (Å²) in [4.78, 5) is 0. The van der Waals surface area contributed by atoms with Gasteiger partial charge in [0.05, 0.1) is 0 Å². The van der Waals surface area contributed by atoms with Crippen molar-refractivity contribution in [2.75, 3.05) is 20.3 Å². The number of ether oxygens (including phenoxy) is 1. The van der Waals surface area contributed by atoms with Crippen molar-refractivity contribution in [3.63, 3.8) is 0 Å². The summed E-state index contributed by atoms with van der Waals surface area (Å²) in [6.07, 6.45) is 6.31. The minimum atomic E-state index is 0.795. The summed E-state index contributed by atoms with van der Waals surface area (Å²) in [7, 11) is 1.72. The SMILES string of the molecule is CCCN.COCC/C=C\c1ccccc1. The van der Waals surface area contributed by atoms with Crippen molar-refractivity contribution in [2.45, 2.75) is 19.8 Å². The first-order valence-electron chi connectivity index (χ1n) is 5.75. The Kier molecular flexibility index (Phi) is 11.1. The van der Waals surface area contributed by atoms with E-state index in [0.29, 0.717) is 0 Å². The van der Waals surface area contributed by atoms with E-state index >= 15 is 0 Å². The predicted octanol–water partition coefficient (Wildman–Crippen LogP) is 3.09. The topological polar surface area (TPSA) is 35.2 Å². The molecular weight excluding hydrogens is 198 g/mol. The number of rotatable bonds is 5. The molecule has 0 radical (unpaired) electrons. The van der Waals surface area contributed by atoms with Crippen molar-refractivity contribution >= 4 is 6.08 Å². The molecule has 0 aromatic heterocycles. The highest BCUT2D eigenvalue weighted by molar-refractivity contribution is 5.48. The van der Waals surface area contributed by atoms with Crippen molar-refractivity contribution in [3.05, 3.63) is 42.0 Å². The molecule has 1 aromatic carbocycles. The molecule has 2 heteroatoms. The van der Waals surface area contributed by atoms with Gasteiger partial charge in [0.2, 0.25) is 0 Å². The molecule has 0 aliphatic heterocycles. The lowest BCUT2D eigenvalue weighted by Crippen LogP contribution is -1.93. The van der Waals surface area contributed by atoms with Gasteiger partial charge < -0.3 is 10.5 Å². The number of hydrogen-bond donors (Lipinski definition) is 1. The van der Waals surface area contributed by atoms with Crippen LogP contribution in [0.5, 0.6) is 0 Å². The minimum Gasteiger partial charge on any atom is -0.384 e. The van der Waals surface area contributed by atoms with Gasteiger partial charge in [-0.3, -0.25) is 0 Å². The van der Waals surface area contributed by atoms with Gasteiger partial charge >= 0.3 is 0 Å². The van der Waals surface area contributed by atoms with Crippen molar-refractivity contribution in [2.24, 2.45) is 5.73 Å². The first kappa shape index (κ1) is 14.9. The van der Waals surface area contributed by atoms with Gasteiger partial charge in [-0.15, -0.1) is 0 Å². The van der Waals surface area contributed by atoms with Crippen LogP contribution in [0, 0.1) is 0 Å². The zero-order valence-corrected chi connectivity index (χ0v) is 10.4. The highest BCUT2D eigenvalue weighted by Gasteiger charge is 1.81. The smallest absolute Gasteiger partial charge is 0.0496 e. The van der Waals surface area contributed by atoms with E-state index < -0.39 is 0 Å². The summed E-state index contributed by atoms with van der Waals surface area (Å²) in [6, 6.07) is 10.3. The summed E-state index contributed by atoms with van der Waals surface area (Å²) in [6.45, 7) is 3.67. The molecule has 0 aliphatic carbocycles. The largest absolute Gasteiger partial charge is 0.384 e. The molecule has 0 saturated heterocycles. The molecule has 0 unspecified atom stereocenters. The van der Waals surface area contributed by atoms with Crippen LogP contribution >= 0.6 is 0 Å². The van der Waals surface area contributed by atoms with Crippen LogP contribution in [0.2, 0.25) is 0 Å². The number of benzene rings is 1. The highest BCUT2D eigenvalue weighted by Crippen LogP contribution is 2.01. The molecule has 0 atom stereocenters. The lowest BCUT2D eigenvalue weighted by molar-refractivity contribution is 0.204. The Balaban J connectivity index is 0.000000487. The monoisotopic (exact) mass is 221 g/mol. The third kappa shape index (κ3) is 9.44. The standard InChI is InChI=1S/C11H14O.C3H9N/c1-12-10-6-5-9-11-7-3-2-4-8-11;1-2-3-4/h2-5,7-9H,6,10H2,1H3;2-4H2,1H3/b9-5-;. The molecule has 1 aromatic rings. The van der Waals surface area contributed by atoms with Crippen LogP contribution in [-0.2, 0) is 4.74 Å². The van der Waals surface area contributed by atoms with E-state index in [-0.39, 0.29) is 0 Å². The van der Waals surface area contributed by atoms with E-state index in [9.17, 15) is 0 Å². The van der Waals surface area contributed by atoms with Crippen LogP contribution < -0.4 is 5.73 Å². The van der Waals surface area contributed by atoms with E-state index in [1.165, 1.54) is 5.56 Å². The third-order valence-corrected chi connectivity index (χ3v) is 1.89. The van der Waals surface area contributed by atoms with Crippen LogP contribution in [0.4, 0.5) is 0 Å². The Bertz CT molecular complexity index is 255. The zero-order chi connectivity index (χ0) is 12.1. The predicted molar refractivity (Wildman–Crippen MR) is 71.3 cm³/mol. The molecule has 0 aliphatic rings. The number of hydrogen-bond acceptors (Lipinski definition) is 2. The van der Waals surface area contributed by atoms with Gasteiger partial charge in [0.1, 0.15) is 0 Å². The van der Waals surface area contributed by atoms with Crippen molar-refractivity contribution in [1.82, 2.24) is 0 Å². The van der Waals surface area contributed by atoms with Crippen LogP contribution in [0.3, 0.4) is 0 Å². The van der Waals surface area contributed by atoms with Crippen LogP contribution in [0.25, 0.3) is 6.08 Å². The maximum Gasteiger partial charge on any atom is 0.0496 e. The Morgan fingerprint density at radius 2 is 1.88 bits per heavy atom. The maximum absolute atomic E-state index is 5.03. The quantitative estimate of drug-likeness (QED) is 0.775. The summed E-state index contributed by atoms with van der Waals surface area (Å²) in [5.74, 6) is 0. The van der Waals surface area contributed by atoms with E-state index in [2.05, 4.69) is 31.2 Å². The number of nitrogens with two attached hydrogens (primary N) is 1. The van der Waals surface area contributed by atoms with Gasteiger partial charge in [0, 0.05) is 13.7 Å². The Morgan fingerprint density at radius 1 is 1.25 bits per heavy atom. The summed E-state index contributed by atoms with van der Waals surface area (Å²) in [5, 5.41) is 0. The van der Waals surface area contributed by atoms with Crippen LogP contribution in [0.15, 0.2) is 36.4 Å². The number of methoxy groups -OCH3 is 1. The van der Waals surface area contributed by atoms with Gasteiger partial charge in [0.15, 0.2) is 0 Å². The van der Waals surface area contributed by atoms with Gasteiger partial charge in [-0.05, 0) is 24.9 Å². The first-order valence-corrected chi connectivity index (χ1v) is 5.75. The average molecular weight is 221 g/mol. The molecule has 2 nitrogen and oxygen atoms in total. The van der Waals surface area contributed by atoms with Crippen molar-refractivity contribution in [1.29, 1.82) is 0 Å². The lowest BCUT2D eigenvalue weighted by atomic mass is 10.2. The highest BCUT2D eigenvalue weighted by atomic mass is 16.5. The molecule has 90 valence electrons.